The largest absolute Gasteiger partial charge is 0.496 e. The van der Waals surface area contributed by atoms with Crippen molar-refractivity contribution in [2.75, 3.05) is 7.11 Å². The van der Waals surface area contributed by atoms with E-state index in [0.717, 1.165) is 34.8 Å². The van der Waals surface area contributed by atoms with Gasteiger partial charge in [0.25, 0.3) is 0 Å². The van der Waals surface area contributed by atoms with E-state index in [2.05, 4.69) is 19.7 Å². The number of carboxylic acids is 1. The number of rotatable bonds is 7. The summed E-state index contributed by atoms with van der Waals surface area (Å²) in [6.45, 7) is 2.84. The Bertz CT molecular complexity index is 1300. The maximum Gasteiger partial charge on any atom is 0.342 e. The third-order valence-corrected chi connectivity index (χ3v) is 5.85. The highest BCUT2D eigenvalue weighted by atomic mass is 35.5. The Kier molecular flexibility index (Phi) is 6.01. The summed E-state index contributed by atoms with van der Waals surface area (Å²) < 4.78 is 7.44. The number of H-pyrrole nitrogens is 1. The molecule has 0 aliphatic rings. The van der Waals surface area contributed by atoms with Gasteiger partial charge in [0.2, 0.25) is 5.16 Å². The van der Waals surface area contributed by atoms with E-state index in [1.165, 1.54) is 0 Å². The molecule has 31 heavy (non-hydrogen) atoms. The van der Waals surface area contributed by atoms with Crippen LogP contribution in [0.1, 0.15) is 12.5 Å². The van der Waals surface area contributed by atoms with Crippen molar-refractivity contribution in [1.29, 1.82) is 0 Å². The molecule has 0 bridgehead atoms. The van der Waals surface area contributed by atoms with E-state index < -0.39 is 5.97 Å². The number of fused-ring (bicyclic) bond motifs is 1. The number of nitrogens with zero attached hydrogens (tertiary/aromatic N) is 3. The highest BCUT2D eigenvalue weighted by Crippen LogP contribution is 2.33. The number of aryl methyl sites for hydroxylation is 1. The molecule has 0 saturated heterocycles. The molecular weight excluding hydrogens is 436 g/mol. The van der Waals surface area contributed by atoms with Crippen LogP contribution in [-0.2, 0) is 11.3 Å². The van der Waals surface area contributed by atoms with Gasteiger partial charge in [-0.05, 0) is 49.0 Å². The van der Waals surface area contributed by atoms with E-state index in [4.69, 9.17) is 16.3 Å². The average molecular weight is 455 g/mol. The monoisotopic (exact) mass is 454 g/mol. The molecular formula is C22H19ClN4O3S. The highest BCUT2D eigenvalue weighted by molar-refractivity contribution is 8.04. The summed E-state index contributed by atoms with van der Waals surface area (Å²) in [7, 11) is 1.55. The lowest BCUT2D eigenvalue weighted by Gasteiger charge is -2.05. The van der Waals surface area contributed by atoms with Gasteiger partial charge in [0.1, 0.15) is 10.7 Å². The minimum absolute atomic E-state index is 0.114. The minimum atomic E-state index is -1.05. The van der Waals surface area contributed by atoms with E-state index in [1.807, 2.05) is 37.4 Å². The molecule has 0 unspecified atom stereocenters. The molecule has 4 aromatic rings. The van der Waals surface area contributed by atoms with Gasteiger partial charge < -0.3 is 14.4 Å². The predicted molar refractivity (Wildman–Crippen MR) is 122 cm³/mol. The second-order valence-electron chi connectivity index (χ2n) is 6.61. The number of halogens is 1. The van der Waals surface area contributed by atoms with Crippen LogP contribution in [0.5, 0.6) is 5.75 Å². The van der Waals surface area contributed by atoms with E-state index >= 15 is 0 Å². The molecule has 0 radical (unpaired) electrons. The van der Waals surface area contributed by atoms with Crippen molar-refractivity contribution in [3.05, 3.63) is 64.2 Å². The van der Waals surface area contributed by atoms with Gasteiger partial charge in [-0.2, -0.15) is 0 Å². The van der Waals surface area contributed by atoms with Crippen molar-refractivity contribution in [3.63, 3.8) is 0 Å². The van der Waals surface area contributed by atoms with E-state index in [9.17, 15) is 9.90 Å². The maximum absolute atomic E-state index is 11.9. The fourth-order valence-electron chi connectivity index (χ4n) is 3.30. The van der Waals surface area contributed by atoms with Gasteiger partial charge in [-0.3, -0.25) is 5.10 Å². The molecule has 2 heterocycles. The number of ether oxygens (including phenoxy) is 1. The number of aromatic amines is 1. The standard InChI is InChI=1S/C22H19ClN4O3S/c1-3-27-12-13(15-6-4-5-7-17(15)27)10-19(21(28)29)31-22-24-20(25-26-22)16-11-14(23)8-9-18(16)30-2/h4-12H,3H2,1-2H3,(H,28,29)(H,24,25,26)/b19-10-. The summed E-state index contributed by atoms with van der Waals surface area (Å²) in [6, 6.07) is 13.1. The number of nitrogens with one attached hydrogen (secondary N) is 1. The number of carbonyl (C=O) groups is 1. The number of benzene rings is 2. The van der Waals surface area contributed by atoms with Gasteiger partial charge >= 0.3 is 5.97 Å². The predicted octanol–water partition coefficient (Wildman–Crippen LogP) is 5.33. The van der Waals surface area contributed by atoms with Gasteiger partial charge in [0.15, 0.2) is 5.82 Å². The zero-order valence-electron chi connectivity index (χ0n) is 16.8. The second-order valence-corrected chi connectivity index (χ2v) is 8.06. The molecule has 9 heteroatoms. The number of hydrogen-bond acceptors (Lipinski definition) is 5. The van der Waals surface area contributed by atoms with Crippen molar-refractivity contribution in [3.8, 4) is 17.1 Å². The summed E-state index contributed by atoms with van der Waals surface area (Å²) in [5.41, 5.74) is 2.52. The molecule has 158 valence electrons. The van der Waals surface area contributed by atoms with Gasteiger partial charge in [0.05, 0.1) is 12.7 Å². The first-order chi connectivity index (χ1) is 15.0. The Hall–Kier alpha value is -3.23. The smallest absolute Gasteiger partial charge is 0.342 e. The first-order valence-electron chi connectivity index (χ1n) is 9.47. The van der Waals surface area contributed by atoms with Crippen LogP contribution in [0, 0.1) is 0 Å². The van der Waals surface area contributed by atoms with Crippen molar-refractivity contribution in [1.82, 2.24) is 19.7 Å². The lowest BCUT2D eigenvalue weighted by atomic mass is 10.1. The van der Waals surface area contributed by atoms with Gasteiger partial charge in [-0.25, -0.2) is 9.78 Å². The summed E-state index contributed by atoms with van der Waals surface area (Å²) in [5.74, 6) is -0.0299. The third-order valence-electron chi connectivity index (χ3n) is 4.74. The molecule has 7 nitrogen and oxygen atoms in total. The van der Waals surface area contributed by atoms with Crippen LogP contribution in [0.3, 0.4) is 0 Å². The molecule has 2 N–H and O–H groups in total. The number of para-hydroxylation sites is 1. The van der Waals surface area contributed by atoms with Crippen LogP contribution in [0.25, 0.3) is 28.4 Å². The lowest BCUT2D eigenvalue weighted by Crippen LogP contribution is -1.97. The fourth-order valence-corrected chi connectivity index (χ4v) is 4.17. The zero-order valence-corrected chi connectivity index (χ0v) is 18.4. The molecule has 0 fully saturated rings. The topological polar surface area (TPSA) is 93.0 Å². The van der Waals surface area contributed by atoms with E-state index in [0.29, 0.717) is 22.2 Å². The number of carboxylic acid groups (broad SMARTS) is 1. The second kappa shape index (κ2) is 8.87. The van der Waals surface area contributed by atoms with Gasteiger partial charge in [-0.1, -0.05) is 29.8 Å². The molecule has 0 amide bonds. The molecule has 0 spiro atoms. The third kappa shape index (κ3) is 4.30. The average Bonchev–Trinajstić information content (AvgIpc) is 3.38. The Labute approximate surface area is 187 Å². The molecule has 2 aromatic heterocycles. The summed E-state index contributed by atoms with van der Waals surface area (Å²) in [5, 5.41) is 18.6. The summed E-state index contributed by atoms with van der Waals surface area (Å²) >= 11 is 7.07. The van der Waals surface area contributed by atoms with Crippen LogP contribution in [0.15, 0.2) is 58.7 Å². The number of methoxy groups -OCH3 is 1. The SMILES string of the molecule is CCn1cc(/C=C(\Sc2n[nH]c(-c3cc(Cl)ccc3OC)n2)C(=O)O)c2ccccc21. The van der Waals surface area contributed by atoms with Crippen LogP contribution < -0.4 is 4.74 Å². The number of thioether (sulfide) groups is 1. The van der Waals surface area contributed by atoms with Crippen molar-refractivity contribution in [2.24, 2.45) is 0 Å². The molecule has 4 rings (SSSR count). The Morgan fingerprint density at radius 2 is 2.13 bits per heavy atom. The molecule has 0 aliphatic carbocycles. The van der Waals surface area contributed by atoms with Crippen molar-refractivity contribution >= 4 is 46.3 Å². The minimum Gasteiger partial charge on any atom is -0.496 e. The molecule has 0 atom stereocenters. The lowest BCUT2D eigenvalue weighted by molar-refractivity contribution is -0.131. The first-order valence-corrected chi connectivity index (χ1v) is 10.7. The molecule has 0 aliphatic heterocycles. The zero-order chi connectivity index (χ0) is 22.0. The fraction of sp³-hybridized carbons (Fsp3) is 0.136. The number of hydrogen-bond donors (Lipinski definition) is 2. The van der Waals surface area contributed by atoms with E-state index in [-0.39, 0.29) is 10.1 Å². The Morgan fingerprint density at radius 1 is 1.32 bits per heavy atom. The van der Waals surface area contributed by atoms with Gasteiger partial charge in [-0.15, -0.1) is 5.10 Å². The van der Waals surface area contributed by atoms with Crippen LogP contribution >= 0.6 is 23.4 Å². The molecule has 2 aromatic carbocycles. The van der Waals surface area contributed by atoms with Crippen LogP contribution in [0.2, 0.25) is 5.02 Å². The summed E-state index contributed by atoms with van der Waals surface area (Å²) in [4.78, 5) is 16.5. The van der Waals surface area contributed by atoms with Crippen molar-refractivity contribution in [2.45, 2.75) is 18.6 Å². The number of aromatic nitrogens is 4. The van der Waals surface area contributed by atoms with Crippen LogP contribution in [-0.4, -0.2) is 37.9 Å². The maximum atomic E-state index is 11.9. The highest BCUT2D eigenvalue weighted by Gasteiger charge is 2.17. The quantitative estimate of drug-likeness (QED) is 0.290. The van der Waals surface area contributed by atoms with Gasteiger partial charge in [0, 0.05) is 34.2 Å². The number of aliphatic carboxylic acids is 1. The van der Waals surface area contributed by atoms with E-state index in [1.54, 1.807) is 31.4 Å². The van der Waals surface area contributed by atoms with Crippen molar-refractivity contribution < 1.29 is 14.6 Å². The first kappa shape index (κ1) is 21.0. The Morgan fingerprint density at radius 3 is 2.87 bits per heavy atom. The Balaban J connectivity index is 1.68. The van der Waals surface area contributed by atoms with Crippen LogP contribution in [0.4, 0.5) is 0 Å². The normalized spacial score (nSPS) is 11.8. The summed E-state index contributed by atoms with van der Waals surface area (Å²) in [6.07, 6.45) is 3.60. The molecule has 0 saturated carbocycles.